The Hall–Kier alpha value is -2.14. The second-order valence-electron chi connectivity index (χ2n) is 11.0. The summed E-state index contributed by atoms with van der Waals surface area (Å²) in [5, 5.41) is 9.88. The van der Waals surface area contributed by atoms with E-state index >= 15 is 0 Å². The molecule has 10 nitrogen and oxygen atoms in total. The van der Waals surface area contributed by atoms with Crippen molar-refractivity contribution >= 4 is 23.6 Å². The number of hydrogen-bond donors (Lipinski definition) is 5. The van der Waals surface area contributed by atoms with Crippen LogP contribution in [0.2, 0.25) is 0 Å². The van der Waals surface area contributed by atoms with Crippen LogP contribution in [0.15, 0.2) is 11.1 Å². The third kappa shape index (κ3) is 9.77. The molecule has 1 heterocycles. The van der Waals surface area contributed by atoms with E-state index in [9.17, 15) is 19.2 Å². The van der Waals surface area contributed by atoms with Crippen LogP contribution in [0.4, 0.5) is 0 Å². The molecule has 0 fully saturated rings. The number of rotatable bonds is 21. The van der Waals surface area contributed by atoms with Crippen molar-refractivity contribution in [3.63, 3.8) is 0 Å². The molecule has 0 radical (unpaired) electrons. The molecule has 0 spiro atoms. The molecule has 0 saturated heterocycles. The Labute approximate surface area is 234 Å². The summed E-state index contributed by atoms with van der Waals surface area (Å²) < 4.78 is 4.56. The number of cyclic esters (lactones) is 2. The molecule has 1 aliphatic heterocycles. The number of Topliss-reactive ketones (excluding diaryl/α,β-unsaturated/α-hetero) is 1. The van der Waals surface area contributed by atoms with Gasteiger partial charge in [-0.15, -0.1) is 0 Å². The van der Waals surface area contributed by atoms with Crippen LogP contribution in [-0.4, -0.2) is 61.0 Å². The Morgan fingerprint density at radius 3 is 2.21 bits per heavy atom. The quantitative estimate of drug-likeness (QED) is 0.0624. The number of carbonyl (C=O) groups is 4. The fourth-order valence-electron chi connectivity index (χ4n) is 4.95. The molecule has 0 saturated carbocycles. The van der Waals surface area contributed by atoms with E-state index in [1.807, 2.05) is 20.8 Å². The normalized spacial score (nSPS) is 18.4. The van der Waals surface area contributed by atoms with Gasteiger partial charge in [0.2, 0.25) is 5.91 Å². The van der Waals surface area contributed by atoms with E-state index in [4.69, 9.17) is 11.5 Å². The predicted molar refractivity (Wildman–Crippen MR) is 153 cm³/mol. The molecule has 4 atom stereocenters. The number of nitrogens with one attached hydrogen (secondary N) is 3. The fraction of sp³-hybridized carbons (Fsp3) is 0.793. The number of amides is 1. The van der Waals surface area contributed by atoms with Crippen LogP contribution in [0.3, 0.4) is 0 Å². The van der Waals surface area contributed by atoms with Crippen LogP contribution in [0.25, 0.3) is 0 Å². The molecule has 1 rings (SSSR count). The maximum absolute atomic E-state index is 14.1. The summed E-state index contributed by atoms with van der Waals surface area (Å²) in [6, 6.07) is -0.167. The van der Waals surface area contributed by atoms with E-state index < -0.39 is 23.0 Å². The lowest BCUT2D eigenvalue weighted by atomic mass is 9.67. The first kappa shape index (κ1) is 34.9. The third-order valence-corrected chi connectivity index (χ3v) is 8.31. The molecule has 39 heavy (non-hydrogen) atoms. The van der Waals surface area contributed by atoms with E-state index in [0.717, 1.165) is 25.7 Å². The van der Waals surface area contributed by atoms with Crippen molar-refractivity contribution in [2.75, 3.05) is 19.6 Å². The van der Waals surface area contributed by atoms with Crippen molar-refractivity contribution in [3.05, 3.63) is 11.1 Å². The zero-order valence-electron chi connectivity index (χ0n) is 25.0. The van der Waals surface area contributed by atoms with Gasteiger partial charge in [0, 0.05) is 30.2 Å². The highest BCUT2D eigenvalue weighted by Crippen LogP contribution is 2.36. The van der Waals surface area contributed by atoms with E-state index in [1.165, 1.54) is 6.92 Å². The second kappa shape index (κ2) is 16.8. The molecule has 0 aromatic rings. The lowest BCUT2D eigenvalue weighted by Gasteiger charge is -2.47. The van der Waals surface area contributed by atoms with Crippen molar-refractivity contribution < 1.29 is 23.9 Å². The minimum atomic E-state index is -0.832. The first-order valence-electron chi connectivity index (χ1n) is 14.7. The van der Waals surface area contributed by atoms with E-state index in [2.05, 4.69) is 34.5 Å². The first-order valence-corrected chi connectivity index (χ1v) is 14.7. The number of esters is 2. The second-order valence-corrected chi connectivity index (χ2v) is 11.0. The Bertz CT molecular complexity index is 876. The Morgan fingerprint density at radius 1 is 1.00 bits per heavy atom. The number of carbonyl (C=O) groups excluding carboxylic acids is 4. The molecule has 0 bridgehead atoms. The molecule has 10 heteroatoms. The average molecular weight is 552 g/mol. The van der Waals surface area contributed by atoms with Crippen LogP contribution in [-0.2, 0) is 23.9 Å². The Morgan fingerprint density at radius 2 is 1.67 bits per heavy atom. The number of unbranched alkanes of at least 4 members (excludes halogenated alkanes) is 2. The molecule has 1 aliphatic rings. The van der Waals surface area contributed by atoms with Gasteiger partial charge in [0.25, 0.3) is 0 Å². The summed E-state index contributed by atoms with van der Waals surface area (Å²) in [5.41, 5.74) is 11.5. The van der Waals surface area contributed by atoms with Gasteiger partial charge in [0.05, 0.1) is 17.1 Å². The zero-order chi connectivity index (χ0) is 29.6. The Kier molecular flexibility index (Phi) is 15.1. The van der Waals surface area contributed by atoms with Gasteiger partial charge in [-0.1, -0.05) is 20.8 Å². The van der Waals surface area contributed by atoms with Crippen LogP contribution in [0, 0.1) is 5.41 Å². The van der Waals surface area contributed by atoms with E-state index in [1.54, 1.807) is 0 Å². The maximum atomic E-state index is 14.1. The standard InChI is InChI=1S/C29H53N5O5/c1-7-20(4)34-23(25(36)28(6,8-2)29(31,9-3)33-19-13-11-17-30)14-10-12-18-32-24(35)16-15-22-21(5)26(37)39-27(22)38/h20,23,33-34H,7-19,30-31H2,1-6H3,(H,32,35). The molecule has 224 valence electrons. The third-order valence-electron chi connectivity index (χ3n) is 8.31. The SMILES string of the molecule is CCC(C)NC(CCCCNC(=O)CCC1=C(C)C(=O)OC1=O)C(=O)C(C)(CC)C(N)(CC)NCCCCN. The van der Waals surface area contributed by atoms with Crippen molar-refractivity contribution in [1.82, 2.24) is 16.0 Å². The van der Waals surface area contributed by atoms with Gasteiger partial charge in [0.1, 0.15) is 0 Å². The summed E-state index contributed by atoms with van der Waals surface area (Å²) >= 11 is 0. The smallest absolute Gasteiger partial charge is 0.342 e. The lowest BCUT2D eigenvalue weighted by molar-refractivity contribution is -0.151. The highest BCUT2D eigenvalue weighted by atomic mass is 16.6. The van der Waals surface area contributed by atoms with Crippen LogP contribution in [0.5, 0.6) is 0 Å². The zero-order valence-corrected chi connectivity index (χ0v) is 25.0. The number of ether oxygens (including phenoxy) is 1. The van der Waals surface area contributed by atoms with Crippen LogP contribution < -0.4 is 27.4 Å². The highest BCUT2D eigenvalue weighted by molar-refractivity contribution is 6.12. The molecule has 0 aromatic heterocycles. The van der Waals surface area contributed by atoms with Crippen molar-refractivity contribution in [2.24, 2.45) is 16.9 Å². The summed E-state index contributed by atoms with van der Waals surface area (Å²) in [4.78, 5) is 49.5. The molecule has 0 aromatic carbocycles. The highest BCUT2D eigenvalue weighted by Gasteiger charge is 2.50. The minimum Gasteiger partial charge on any atom is -0.386 e. The largest absolute Gasteiger partial charge is 0.386 e. The summed E-state index contributed by atoms with van der Waals surface area (Å²) in [6.07, 6.45) is 6.32. The van der Waals surface area contributed by atoms with E-state index in [0.29, 0.717) is 45.3 Å². The minimum absolute atomic E-state index is 0.106. The number of ketones is 1. The molecular weight excluding hydrogens is 498 g/mol. The van der Waals surface area contributed by atoms with Crippen LogP contribution in [0.1, 0.15) is 106 Å². The first-order chi connectivity index (χ1) is 18.4. The predicted octanol–water partition coefficient (Wildman–Crippen LogP) is 2.59. The van der Waals surface area contributed by atoms with Gasteiger partial charge in [-0.2, -0.15) is 0 Å². The molecule has 4 unspecified atom stereocenters. The number of hydrogen-bond acceptors (Lipinski definition) is 9. The van der Waals surface area contributed by atoms with Gasteiger partial charge in [-0.05, 0) is 91.6 Å². The van der Waals surface area contributed by atoms with Gasteiger partial charge in [-0.25, -0.2) is 9.59 Å². The fourth-order valence-corrected chi connectivity index (χ4v) is 4.95. The van der Waals surface area contributed by atoms with Gasteiger partial charge in [-0.3, -0.25) is 14.9 Å². The van der Waals surface area contributed by atoms with Crippen LogP contribution >= 0.6 is 0 Å². The topological polar surface area (TPSA) is 166 Å². The van der Waals surface area contributed by atoms with Crippen molar-refractivity contribution in [2.45, 2.75) is 123 Å². The van der Waals surface area contributed by atoms with Crippen molar-refractivity contribution in [3.8, 4) is 0 Å². The summed E-state index contributed by atoms with van der Waals surface area (Å²) in [6.45, 7) is 13.5. The molecule has 7 N–H and O–H groups in total. The van der Waals surface area contributed by atoms with Gasteiger partial charge >= 0.3 is 11.9 Å². The molecule has 1 amide bonds. The monoisotopic (exact) mass is 551 g/mol. The summed E-state index contributed by atoms with van der Waals surface area (Å²) in [7, 11) is 0. The average Bonchev–Trinajstić information content (AvgIpc) is 3.17. The maximum Gasteiger partial charge on any atom is 0.342 e. The number of nitrogens with two attached hydrogens (primary N) is 2. The van der Waals surface area contributed by atoms with E-state index in [-0.39, 0.29) is 47.8 Å². The molecular formula is C29H53N5O5. The Balaban J connectivity index is 2.73. The molecule has 0 aliphatic carbocycles. The van der Waals surface area contributed by atoms with Crippen molar-refractivity contribution in [1.29, 1.82) is 0 Å². The van der Waals surface area contributed by atoms with Gasteiger partial charge in [0.15, 0.2) is 5.78 Å². The lowest BCUT2D eigenvalue weighted by Crippen LogP contribution is -2.68. The summed E-state index contributed by atoms with van der Waals surface area (Å²) in [5.74, 6) is -1.38. The van der Waals surface area contributed by atoms with Gasteiger partial charge < -0.3 is 26.8 Å².